The summed E-state index contributed by atoms with van der Waals surface area (Å²) in [7, 11) is 3.46. The molecule has 1 aliphatic rings. The maximum Gasteiger partial charge on any atom is 0.270 e. The summed E-state index contributed by atoms with van der Waals surface area (Å²) in [6, 6.07) is 8.95. The molecule has 0 saturated carbocycles. The van der Waals surface area contributed by atoms with E-state index in [0.717, 1.165) is 12.0 Å². The summed E-state index contributed by atoms with van der Waals surface area (Å²) < 4.78 is 18.6. The van der Waals surface area contributed by atoms with Crippen LogP contribution >= 0.6 is 0 Å². The number of nitrogens with zero attached hydrogens (tertiary/aromatic N) is 5. The van der Waals surface area contributed by atoms with E-state index in [9.17, 15) is 4.79 Å². The molecule has 5 rings (SSSR count). The van der Waals surface area contributed by atoms with Crippen LogP contribution in [0.15, 0.2) is 51.9 Å². The maximum absolute atomic E-state index is 12.4. The Labute approximate surface area is 201 Å². The van der Waals surface area contributed by atoms with Crippen LogP contribution in [0.3, 0.4) is 0 Å². The normalized spacial score (nSPS) is 15.4. The Balaban J connectivity index is 1.49. The first-order valence-corrected chi connectivity index (χ1v) is 11.2. The molecule has 180 valence electrons. The molecule has 1 aromatic carbocycles. The van der Waals surface area contributed by atoms with E-state index in [-0.39, 0.29) is 34.9 Å². The molecule has 0 aliphatic carbocycles. The Bertz CT molecular complexity index is 1410. The average Bonchev–Trinajstić information content (AvgIpc) is 3.58. The van der Waals surface area contributed by atoms with Gasteiger partial charge in [0, 0.05) is 31.0 Å². The minimum atomic E-state index is -0.0934. The molecule has 3 N–H and O–H groups in total. The molecular weight excluding hydrogens is 450 g/mol. The molecule has 1 unspecified atom stereocenters. The second-order valence-electron chi connectivity index (χ2n) is 8.15. The van der Waals surface area contributed by atoms with Crippen molar-refractivity contribution in [2.45, 2.75) is 19.0 Å². The van der Waals surface area contributed by atoms with Crippen LogP contribution in [-0.4, -0.2) is 52.1 Å². The van der Waals surface area contributed by atoms with Crippen molar-refractivity contribution in [2.75, 3.05) is 33.1 Å². The van der Waals surface area contributed by atoms with Gasteiger partial charge in [-0.15, -0.1) is 10.2 Å². The highest BCUT2D eigenvalue weighted by Crippen LogP contribution is 2.33. The van der Waals surface area contributed by atoms with Gasteiger partial charge in [-0.3, -0.25) is 4.79 Å². The number of ether oxygens (including phenoxy) is 2. The van der Waals surface area contributed by atoms with Crippen LogP contribution in [0.2, 0.25) is 0 Å². The van der Waals surface area contributed by atoms with Gasteiger partial charge in [0.2, 0.25) is 0 Å². The highest BCUT2D eigenvalue weighted by atomic mass is 16.5. The van der Waals surface area contributed by atoms with E-state index in [0.29, 0.717) is 42.3 Å². The van der Waals surface area contributed by atoms with E-state index >= 15 is 0 Å². The van der Waals surface area contributed by atoms with Crippen molar-refractivity contribution in [3.05, 3.63) is 58.6 Å². The fraction of sp³-hybridized carbons (Fsp3) is 0.292. The van der Waals surface area contributed by atoms with Gasteiger partial charge >= 0.3 is 0 Å². The molecule has 0 bridgehead atoms. The smallest absolute Gasteiger partial charge is 0.270 e. The largest absolute Gasteiger partial charge is 0.496 e. The van der Waals surface area contributed by atoms with Crippen LogP contribution < -0.4 is 21.3 Å². The number of rotatable bonds is 7. The van der Waals surface area contributed by atoms with E-state index in [4.69, 9.17) is 19.6 Å². The van der Waals surface area contributed by atoms with Crippen molar-refractivity contribution >= 4 is 5.82 Å². The summed E-state index contributed by atoms with van der Waals surface area (Å²) in [5.74, 6) is 1.16. The molecule has 1 saturated heterocycles. The lowest BCUT2D eigenvalue weighted by Crippen LogP contribution is -2.23. The zero-order chi connectivity index (χ0) is 24.4. The minimum absolute atomic E-state index is 0.00311. The lowest BCUT2D eigenvalue weighted by Gasteiger charge is -2.13. The van der Waals surface area contributed by atoms with Gasteiger partial charge in [-0.2, -0.15) is 0 Å². The molecule has 0 spiro atoms. The van der Waals surface area contributed by atoms with Gasteiger partial charge in [0.25, 0.3) is 17.3 Å². The van der Waals surface area contributed by atoms with Crippen LogP contribution in [0.25, 0.3) is 34.3 Å². The molecule has 0 amide bonds. The Morgan fingerprint density at radius 1 is 1.23 bits per heavy atom. The predicted molar refractivity (Wildman–Crippen MR) is 129 cm³/mol. The van der Waals surface area contributed by atoms with Gasteiger partial charge in [0.05, 0.1) is 37.2 Å². The van der Waals surface area contributed by atoms with Gasteiger partial charge in [-0.25, -0.2) is 9.97 Å². The average molecular weight is 476 g/mol. The number of benzene rings is 1. The zero-order valence-corrected chi connectivity index (χ0v) is 19.4. The standard InChI is InChI=1S/C24H25N7O4/c1-26-10-14-3-5-17(19(9-14)33-2)23-29-30-24(35-23)21-22(25)27-11-18(28-21)15-4-6-20(32)31(12-15)16-7-8-34-13-16/h3-6,9,11-12,16,26H,7-8,10,13H2,1-2H3,(H2,25,27). The summed E-state index contributed by atoms with van der Waals surface area (Å²) in [4.78, 5) is 21.3. The van der Waals surface area contributed by atoms with Crippen LogP contribution in [-0.2, 0) is 11.3 Å². The van der Waals surface area contributed by atoms with Crippen LogP contribution in [0.1, 0.15) is 18.0 Å². The monoisotopic (exact) mass is 475 g/mol. The van der Waals surface area contributed by atoms with Crippen molar-refractivity contribution < 1.29 is 13.9 Å². The van der Waals surface area contributed by atoms with Crippen LogP contribution in [0.4, 0.5) is 5.82 Å². The quantitative estimate of drug-likeness (QED) is 0.408. The molecule has 11 heteroatoms. The van der Waals surface area contributed by atoms with Gasteiger partial charge in [-0.05, 0) is 37.2 Å². The van der Waals surface area contributed by atoms with Crippen molar-refractivity contribution in [1.29, 1.82) is 0 Å². The SMILES string of the molecule is CNCc1ccc(-c2nnc(-c3nc(-c4ccc(=O)n(C5CCOC5)c4)cnc3N)o2)c(OC)c1. The van der Waals surface area contributed by atoms with Gasteiger partial charge < -0.3 is 29.5 Å². The topological polar surface area (TPSA) is 143 Å². The highest BCUT2D eigenvalue weighted by Gasteiger charge is 2.21. The maximum atomic E-state index is 12.4. The number of aromatic nitrogens is 5. The molecule has 4 heterocycles. The number of nitrogens with one attached hydrogen (secondary N) is 1. The highest BCUT2D eigenvalue weighted by molar-refractivity contribution is 5.69. The Kier molecular flexibility index (Phi) is 6.25. The van der Waals surface area contributed by atoms with E-state index in [1.54, 1.807) is 30.1 Å². The first kappa shape index (κ1) is 22.7. The Hall–Kier alpha value is -4.09. The number of nitrogens with two attached hydrogens (primary N) is 1. The van der Waals surface area contributed by atoms with Crippen LogP contribution in [0.5, 0.6) is 5.75 Å². The lowest BCUT2D eigenvalue weighted by molar-refractivity contribution is 0.186. The van der Waals surface area contributed by atoms with Crippen LogP contribution in [0, 0.1) is 0 Å². The molecule has 1 aliphatic heterocycles. The predicted octanol–water partition coefficient (Wildman–Crippen LogP) is 2.29. The molecule has 35 heavy (non-hydrogen) atoms. The Morgan fingerprint density at radius 3 is 2.86 bits per heavy atom. The number of methoxy groups -OCH3 is 1. The van der Waals surface area contributed by atoms with E-state index < -0.39 is 0 Å². The van der Waals surface area contributed by atoms with E-state index in [2.05, 4.69) is 25.5 Å². The van der Waals surface area contributed by atoms with Crippen molar-refractivity contribution in [3.63, 3.8) is 0 Å². The number of pyridine rings is 1. The summed E-state index contributed by atoms with van der Waals surface area (Å²) >= 11 is 0. The first-order valence-electron chi connectivity index (χ1n) is 11.2. The third-order valence-electron chi connectivity index (χ3n) is 5.84. The number of hydrogen-bond acceptors (Lipinski definition) is 10. The fourth-order valence-corrected chi connectivity index (χ4v) is 4.03. The summed E-state index contributed by atoms with van der Waals surface area (Å²) in [5, 5.41) is 11.4. The zero-order valence-electron chi connectivity index (χ0n) is 19.4. The van der Waals surface area contributed by atoms with E-state index in [1.165, 1.54) is 6.07 Å². The summed E-state index contributed by atoms with van der Waals surface area (Å²) in [6.07, 6.45) is 4.10. The molecule has 3 aromatic heterocycles. The second-order valence-corrected chi connectivity index (χ2v) is 8.15. The summed E-state index contributed by atoms with van der Waals surface area (Å²) in [6.45, 7) is 1.84. The molecule has 1 atom stereocenters. The molecular formula is C24H25N7O4. The first-order chi connectivity index (χ1) is 17.1. The third-order valence-corrected chi connectivity index (χ3v) is 5.84. The molecule has 4 aromatic rings. The van der Waals surface area contributed by atoms with Gasteiger partial charge in [0.1, 0.15) is 5.75 Å². The van der Waals surface area contributed by atoms with Crippen molar-refractivity contribution in [1.82, 2.24) is 30.0 Å². The number of nitrogen functional groups attached to an aromatic ring is 1. The number of hydrogen-bond donors (Lipinski definition) is 2. The fourth-order valence-electron chi connectivity index (χ4n) is 4.03. The minimum Gasteiger partial charge on any atom is -0.496 e. The summed E-state index contributed by atoms with van der Waals surface area (Å²) in [5.41, 5.74) is 9.22. The molecule has 11 nitrogen and oxygen atoms in total. The Morgan fingerprint density at radius 2 is 2.09 bits per heavy atom. The number of anilines is 1. The lowest BCUT2D eigenvalue weighted by atomic mass is 10.1. The molecule has 0 radical (unpaired) electrons. The van der Waals surface area contributed by atoms with Crippen molar-refractivity contribution in [2.24, 2.45) is 0 Å². The second kappa shape index (κ2) is 9.65. The van der Waals surface area contributed by atoms with Gasteiger partial charge in [0.15, 0.2) is 11.5 Å². The molecule has 1 fully saturated rings. The van der Waals surface area contributed by atoms with E-state index in [1.807, 2.05) is 25.2 Å². The van der Waals surface area contributed by atoms with Gasteiger partial charge in [-0.1, -0.05) is 6.07 Å². The third kappa shape index (κ3) is 4.51. The van der Waals surface area contributed by atoms with Crippen molar-refractivity contribution in [3.8, 4) is 40.0 Å².